The van der Waals surface area contributed by atoms with Crippen LogP contribution in [0.25, 0.3) is 0 Å². The Morgan fingerprint density at radius 2 is 1.96 bits per heavy atom. The third-order valence-electron chi connectivity index (χ3n) is 4.67. The quantitative estimate of drug-likeness (QED) is 0.747. The molecule has 0 spiro atoms. The van der Waals surface area contributed by atoms with Crippen LogP contribution in [0, 0.1) is 11.7 Å². The molecule has 1 fully saturated rings. The molecule has 1 aromatic carbocycles. The molecule has 2 aliphatic rings. The average molecular weight is 387 g/mol. The lowest BCUT2D eigenvalue weighted by Gasteiger charge is -2.34. The predicted molar refractivity (Wildman–Crippen MR) is 93.2 cm³/mol. The SMILES string of the molecule is O=C(C[C@H]1C=CCC1)N1CCN(S(=O)(=O)c2ccc(F)c(Cl)c2)CC1. The van der Waals surface area contributed by atoms with Crippen LogP contribution in [0.3, 0.4) is 0 Å². The lowest BCUT2D eigenvalue weighted by molar-refractivity contribution is -0.133. The molecular formula is C17H20ClFN2O3S. The number of benzene rings is 1. The third kappa shape index (κ3) is 4.04. The summed E-state index contributed by atoms with van der Waals surface area (Å²) in [5, 5.41) is -0.223. The molecule has 0 aromatic heterocycles. The van der Waals surface area contributed by atoms with Crippen molar-refractivity contribution in [2.45, 2.75) is 24.2 Å². The average Bonchev–Trinajstić information content (AvgIpc) is 3.10. The molecule has 0 N–H and O–H groups in total. The summed E-state index contributed by atoms with van der Waals surface area (Å²) in [6.07, 6.45) is 6.68. The van der Waals surface area contributed by atoms with Crippen molar-refractivity contribution in [3.63, 3.8) is 0 Å². The van der Waals surface area contributed by atoms with E-state index in [4.69, 9.17) is 11.6 Å². The van der Waals surface area contributed by atoms with Gasteiger partial charge in [0.15, 0.2) is 0 Å². The van der Waals surface area contributed by atoms with E-state index in [1.54, 1.807) is 4.90 Å². The Kier molecular flexibility index (Phi) is 5.46. The van der Waals surface area contributed by atoms with Crippen LogP contribution < -0.4 is 0 Å². The summed E-state index contributed by atoms with van der Waals surface area (Å²) in [4.78, 5) is 14.0. The second-order valence-electron chi connectivity index (χ2n) is 6.33. The standard InChI is InChI=1S/C17H20ClFN2O3S/c18-15-12-14(5-6-16(15)19)25(23,24)21-9-7-20(8-10-21)17(22)11-13-3-1-2-4-13/h1,3,5-6,12-13H,2,4,7-11H2/t13-/m0/s1. The minimum atomic E-state index is -3.74. The van der Waals surface area contributed by atoms with Crippen molar-refractivity contribution in [3.8, 4) is 0 Å². The molecule has 0 saturated carbocycles. The van der Waals surface area contributed by atoms with Crippen LogP contribution in [0.2, 0.25) is 5.02 Å². The van der Waals surface area contributed by atoms with Crippen molar-refractivity contribution < 1.29 is 17.6 Å². The van der Waals surface area contributed by atoms with Gasteiger partial charge >= 0.3 is 0 Å². The minimum absolute atomic E-state index is 0.0326. The van der Waals surface area contributed by atoms with Crippen LogP contribution in [-0.4, -0.2) is 49.7 Å². The van der Waals surface area contributed by atoms with Gasteiger partial charge in [0.2, 0.25) is 15.9 Å². The van der Waals surface area contributed by atoms with Crippen LogP contribution in [0.5, 0.6) is 0 Å². The minimum Gasteiger partial charge on any atom is -0.340 e. The topological polar surface area (TPSA) is 57.7 Å². The summed E-state index contributed by atoms with van der Waals surface area (Å²) in [7, 11) is -3.74. The van der Waals surface area contributed by atoms with Crippen LogP contribution in [0.1, 0.15) is 19.3 Å². The van der Waals surface area contributed by atoms with E-state index in [9.17, 15) is 17.6 Å². The van der Waals surface area contributed by atoms with Gasteiger partial charge in [-0.1, -0.05) is 23.8 Å². The first-order valence-electron chi connectivity index (χ1n) is 8.27. The van der Waals surface area contributed by atoms with E-state index < -0.39 is 15.8 Å². The fourth-order valence-electron chi connectivity index (χ4n) is 3.18. The van der Waals surface area contributed by atoms with E-state index >= 15 is 0 Å². The predicted octanol–water partition coefficient (Wildman–Crippen LogP) is 2.67. The van der Waals surface area contributed by atoms with E-state index in [1.807, 2.05) is 0 Å². The maximum atomic E-state index is 13.2. The second-order valence-corrected chi connectivity index (χ2v) is 8.68. The van der Waals surface area contributed by atoms with Gasteiger partial charge in [-0.3, -0.25) is 4.79 Å². The molecule has 1 aliphatic heterocycles. The lowest BCUT2D eigenvalue weighted by Crippen LogP contribution is -2.50. The smallest absolute Gasteiger partial charge is 0.243 e. The Balaban J connectivity index is 1.61. The Morgan fingerprint density at radius 3 is 2.56 bits per heavy atom. The van der Waals surface area contributed by atoms with E-state index in [-0.39, 0.29) is 28.9 Å². The molecule has 0 radical (unpaired) electrons. The van der Waals surface area contributed by atoms with Crippen LogP contribution >= 0.6 is 11.6 Å². The highest BCUT2D eigenvalue weighted by molar-refractivity contribution is 7.89. The van der Waals surface area contributed by atoms with Crippen molar-refractivity contribution in [3.05, 3.63) is 41.2 Å². The molecule has 1 amide bonds. The highest BCUT2D eigenvalue weighted by Crippen LogP contribution is 2.24. The third-order valence-corrected chi connectivity index (χ3v) is 6.85. The summed E-state index contributed by atoms with van der Waals surface area (Å²) in [6, 6.07) is 3.38. The highest BCUT2D eigenvalue weighted by Gasteiger charge is 2.31. The number of allylic oxidation sites excluding steroid dienone is 2. The van der Waals surface area contributed by atoms with E-state index in [1.165, 1.54) is 10.4 Å². The number of piperazine rings is 1. The first-order chi connectivity index (χ1) is 11.9. The second kappa shape index (κ2) is 7.43. The van der Waals surface area contributed by atoms with Gasteiger partial charge in [-0.15, -0.1) is 0 Å². The van der Waals surface area contributed by atoms with Gasteiger partial charge in [0.25, 0.3) is 0 Å². The summed E-state index contributed by atoms with van der Waals surface area (Å²) >= 11 is 5.69. The van der Waals surface area contributed by atoms with Gasteiger partial charge in [0.1, 0.15) is 5.82 Å². The zero-order valence-electron chi connectivity index (χ0n) is 13.7. The number of hydrogen-bond donors (Lipinski definition) is 0. The number of amides is 1. The number of carbonyl (C=O) groups is 1. The largest absolute Gasteiger partial charge is 0.340 e. The van der Waals surface area contributed by atoms with Crippen molar-refractivity contribution >= 4 is 27.5 Å². The molecule has 0 unspecified atom stereocenters. The van der Waals surface area contributed by atoms with E-state index in [0.29, 0.717) is 25.4 Å². The van der Waals surface area contributed by atoms with Crippen molar-refractivity contribution in [1.82, 2.24) is 9.21 Å². The maximum absolute atomic E-state index is 13.2. The number of rotatable bonds is 4. The van der Waals surface area contributed by atoms with Crippen LogP contribution in [-0.2, 0) is 14.8 Å². The van der Waals surface area contributed by atoms with Crippen molar-refractivity contribution in [2.24, 2.45) is 5.92 Å². The summed E-state index contributed by atoms with van der Waals surface area (Å²) in [5.74, 6) is -0.286. The molecule has 1 aromatic rings. The zero-order valence-corrected chi connectivity index (χ0v) is 15.3. The van der Waals surface area contributed by atoms with Gasteiger partial charge < -0.3 is 4.90 Å². The van der Waals surface area contributed by atoms with Gasteiger partial charge in [-0.05, 0) is 37.0 Å². The van der Waals surface area contributed by atoms with Gasteiger partial charge in [0, 0.05) is 32.6 Å². The Hall–Kier alpha value is -1.44. The summed E-state index contributed by atoms with van der Waals surface area (Å²) < 4.78 is 39.8. The first-order valence-corrected chi connectivity index (χ1v) is 10.1. The van der Waals surface area contributed by atoms with Crippen LogP contribution in [0.15, 0.2) is 35.2 Å². The molecule has 25 heavy (non-hydrogen) atoms. The molecule has 0 bridgehead atoms. The monoisotopic (exact) mass is 386 g/mol. The molecule has 1 atom stereocenters. The van der Waals surface area contributed by atoms with E-state index in [2.05, 4.69) is 12.2 Å². The van der Waals surface area contributed by atoms with Gasteiger partial charge in [0.05, 0.1) is 9.92 Å². The van der Waals surface area contributed by atoms with Crippen LogP contribution in [0.4, 0.5) is 4.39 Å². The fraction of sp³-hybridized carbons (Fsp3) is 0.471. The Morgan fingerprint density at radius 1 is 1.24 bits per heavy atom. The normalized spacial score (nSPS) is 21.7. The van der Waals surface area contributed by atoms with Crippen molar-refractivity contribution in [2.75, 3.05) is 26.2 Å². The number of carbonyl (C=O) groups excluding carboxylic acids is 1. The zero-order chi connectivity index (χ0) is 18.0. The summed E-state index contributed by atoms with van der Waals surface area (Å²) in [5.41, 5.74) is 0. The number of nitrogens with zero attached hydrogens (tertiary/aromatic N) is 2. The molecule has 3 rings (SSSR count). The van der Waals surface area contributed by atoms with Gasteiger partial charge in [-0.2, -0.15) is 4.31 Å². The summed E-state index contributed by atoms with van der Waals surface area (Å²) in [6.45, 7) is 1.18. The first kappa shape index (κ1) is 18.4. The molecule has 8 heteroatoms. The molecular weight excluding hydrogens is 367 g/mol. The lowest BCUT2D eigenvalue weighted by atomic mass is 10.0. The molecule has 1 heterocycles. The number of halogens is 2. The Labute approximate surface area is 152 Å². The van der Waals surface area contributed by atoms with Gasteiger partial charge in [-0.25, -0.2) is 12.8 Å². The molecule has 136 valence electrons. The van der Waals surface area contributed by atoms with Crippen molar-refractivity contribution in [1.29, 1.82) is 0 Å². The Bertz CT molecular complexity index is 789. The molecule has 1 saturated heterocycles. The fourth-order valence-corrected chi connectivity index (χ4v) is 4.88. The number of hydrogen-bond acceptors (Lipinski definition) is 3. The van der Waals surface area contributed by atoms with E-state index in [0.717, 1.165) is 25.0 Å². The molecule has 1 aliphatic carbocycles. The maximum Gasteiger partial charge on any atom is 0.243 e. The number of sulfonamides is 1. The highest BCUT2D eigenvalue weighted by atomic mass is 35.5. The molecule has 5 nitrogen and oxygen atoms in total.